The maximum Gasteiger partial charge on any atom is 0.228 e. The molecule has 2 heterocycles. The summed E-state index contributed by atoms with van der Waals surface area (Å²) < 4.78 is 7.66. The largest absolute Gasteiger partial charge is 0.496 e. The van der Waals surface area contributed by atoms with E-state index < -0.39 is 0 Å². The van der Waals surface area contributed by atoms with Crippen molar-refractivity contribution in [2.75, 3.05) is 12.4 Å². The number of pyridine rings is 1. The number of rotatable bonds is 5. The van der Waals surface area contributed by atoms with Gasteiger partial charge in [0, 0.05) is 34.8 Å². The summed E-state index contributed by atoms with van der Waals surface area (Å²) in [5.41, 5.74) is 4.90. The molecule has 0 bridgehead atoms. The zero-order valence-corrected chi connectivity index (χ0v) is 15.8. The fourth-order valence-corrected chi connectivity index (χ4v) is 3.44. The number of hydrogen-bond donors (Lipinski definition) is 1. The minimum absolute atomic E-state index is 0.0620. The molecule has 4 rings (SSSR count). The van der Waals surface area contributed by atoms with E-state index in [1.165, 1.54) is 0 Å². The van der Waals surface area contributed by atoms with Crippen LogP contribution < -0.4 is 10.1 Å². The molecule has 2 aromatic heterocycles. The molecule has 5 nitrogen and oxygen atoms in total. The number of aromatic nitrogens is 2. The Morgan fingerprint density at radius 3 is 2.64 bits per heavy atom. The average molecular weight is 371 g/mol. The number of nitrogens with zero attached hydrogens (tertiary/aromatic N) is 2. The van der Waals surface area contributed by atoms with Gasteiger partial charge in [0.25, 0.3) is 0 Å². The summed E-state index contributed by atoms with van der Waals surface area (Å²) in [4.78, 5) is 16.3. The fourth-order valence-electron chi connectivity index (χ4n) is 3.44. The van der Waals surface area contributed by atoms with Crippen molar-refractivity contribution in [2.24, 2.45) is 0 Å². The van der Waals surface area contributed by atoms with Crippen molar-refractivity contribution in [2.45, 2.75) is 13.3 Å². The molecule has 0 saturated heterocycles. The number of anilines is 1. The Morgan fingerprint density at radius 2 is 1.93 bits per heavy atom. The predicted molar refractivity (Wildman–Crippen MR) is 111 cm³/mol. The van der Waals surface area contributed by atoms with Gasteiger partial charge in [-0.3, -0.25) is 9.78 Å². The molecule has 2 aromatic carbocycles. The molecule has 0 unspecified atom stereocenters. The molecule has 0 aliphatic carbocycles. The van der Waals surface area contributed by atoms with Gasteiger partial charge in [-0.1, -0.05) is 12.1 Å². The lowest BCUT2D eigenvalue weighted by Gasteiger charge is -2.11. The number of nitrogens with one attached hydrogen (secondary N) is 1. The first-order chi connectivity index (χ1) is 13.7. The number of carbonyl (C=O) groups excluding carboxylic acids is 1. The molecule has 5 heteroatoms. The van der Waals surface area contributed by atoms with Gasteiger partial charge in [-0.25, -0.2) is 0 Å². The molecule has 0 aliphatic rings. The minimum Gasteiger partial charge on any atom is -0.496 e. The highest BCUT2D eigenvalue weighted by Gasteiger charge is 2.11. The smallest absolute Gasteiger partial charge is 0.228 e. The lowest BCUT2D eigenvalue weighted by atomic mass is 10.2. The summed E-state index contributed by atoms with van der Waals surface area (Å²) in [6.45, 7) is 2.07. The number of carbonyl (C=O) groups is 1. The maximum atomic E-state index is 12.2. The number of hydrogen-bond acceptors (Lipinski definition) is 3. The van der Waals surface area contributed by atoms with Crippen LogP contribution in [0.5, 0.6) is 5.75 Å². The van der Waals surface area contributed by atoms with E-state index in [0.717, 1.165) is 39.3 Å². The summed E-state index contributed by atoms with van der Waals surface area (Å²) in [5.74, 6) is 0.798. The highest BCUT2D eigenvalue weighted by atomic mass is 16.5. The second-order valence-electron chi connectivity index (χ2n) is 6.65. The summed E-state index contributed by atoms with van der Waals surface area (Å²) in [7, 11) is 1.68. The van der Waals surface area contributed by atoms with Crippen molar-refractivity contribution in [1.82, 2.24) is 9.55 Å². The Kier molecular flexibility index (Phi) is 4.81. The van der Waals surface area contributed by atoms with Gasteiger partial charge in [0.05, 0.1) is 19.0 Å². The van der Waals surface area contributed by atoms with Crippen LogP contribution in [0.2, 0.25) is 0 Å². The molecule has 28 heavy (non-hydrogen) atoms. The van der Waals surface area contributed by atoms with Gasteiger partial charge in [-0.15, -0.1) is 0 Å². The van der Waals surface area contributed by atoms with E-state index in [9.17, 15) is 4.79 Å². The molecule has 0 atom stereocenters. The van der Waals surface area contributed by atoms with E-state index in [4.69, 9.17) is 4.74 Å². The normalized spacial score (nSPS) is 10.8. The zero-order valence-electron chi connectivity index (χ0n) is 15.8. The summed E-state index contributed by atoms with van der Waals surface area (Å²) in [6, 6.07) is 19.7. The Bertz CT molecular complexity index is 1120. The van der Waals surface area contributed by atoms with Crippen molar-refractivity contribution in [3.63, 3.8) is 0 Å². The zero-order chi connectivity index (χ0) is 19.5. The highest BCUT2D eigenvalue weighted by molar-refractivity contribution is 5.92. The second-order valence-corrected chi connectivity index (χ2v) is 6.65. The van der Waals surface area contributed by atoms with Crippen molar-refractivity contribution >= 4 is 22.5 Å². The first kappa shape index (κ1) is 17.8. The first-order valence-electron chi connectivity index (χ1n) is 9.10. The van der Waals surface area contributed by atoms with Gasteiger partial charge in [0.15, 0.2) is 0 Å². The van der Waals surface area contributed by atoms with Crippen LogP contribution in [0.15, 0.2) is 73.1 Å². The van der Waals surface area contributed by atoms with Crippen molar-refractivity contribution in [3.05, 3.63) is 84.3 Å². The van der Waals surface area contributed by atoms with E-state index in [0.29, 0.717) is 6.42 Å². The monoisotopic (exact) mass is 371 g/mol. The van der Waals surface area contributed by atoms with Crippen LogP contribution in [0.1, 0.15) is 11.3 Å². The number of amides is 1. The summed E-state index contributed by atoms with van der Waals surface area (Å²) in [5, 5.41) is 4.02. The van der Waals surface area contributed by atoms with Gasteiger partial charge in [-0.05, 0) is 61.0 Å². The van der Waals surface area contributed by atoms with Crippen LogP contribution in [0.25, 0.3) is 16.6 Å². The third-order valence-corrected chi connectivity index (χ3v) is 4.71. The highest BCUT2D eigenvalue weighted by Crippen LogP contribution is 2.31. The molecular weight excluding hydrogens is 350 g/mol. The number of benzene rings is 2. The fraction of sp³-hybridized carbons (Fsp3) is 0.130. The minimum atomic E-state index is -0.0620. The standard InChI is InChI=1S/C23H21N3O2/c1-16-13-20-21(6-3-7-22(20)28-2)26(16)19-10-8-18(9-11-19)25-23(27)14-17-5-4-12-24-15-17/h3-13,15H,14H2,1-2H3,(H,25,27). The number of fused-ring (bicyclic) bond motifs is 1. The van der Waals surface area contributed by atoms with Gasteiger partial charge in [-0.2, -0.15) is 0 Å². The molecule has 4 aromatic rings. The Labute approximate surface area is 163 Å². The molecule has 0 saturated carbocycles. The van der Waals surface area contributed by atoms with Gasteiger partial charge >= 0.3 is 0 Å². The number of ether oxygens (including phenoxy) is 1. The topological polar surface area (TPSA) is 56.1 Å². The quantitative estimate of drug-likeness (QED) is 0.561. The van der Waals surface area contributed by atoms with E-state index in [1.54, 1.807) is 19.5 Å². The Balaban J connectivity index is 1.56. The molecule has 140 valence electrons. The molecule has 0 fully saturated rings. The molecule has 1 N–H and O–H groups in total. The van der Waals surface area contributed by atoms with E-state index in [2.05, 4.69) is 33.9 Å². The van der Waals surface area contributed by atoms with Crippen LogP contribution in [0.4, 0.5) is 5.69 Å². The van der Waals surface area contributed by atoms with Crippen molar-refractivity contribution in [3.8, 4) is 11.4 Å². The van der Waals surface area contributed by atoms with Crippen LogP contribution in [0.3, 0.4) is 0 Å². The summed E-state index contributed by atoms with van der Waals surface area (Å²) >= 11 is 0. The molecule has 0 aliphatic heterocycles. The molecule has 0 spiro atoms. The molecular formula is C23H21N3O2. The van der Waals surface area contributed by atoms with Crippen LogP contribution in [0, 0.1) is 6.92 Å². The van der Waals surface area contributed by atoms with Gasteiger partial charge in [0.1, 0.15) is 5.75 Å². The lowest BCUT2D eigenvalue weighted by Crippen LogP contribution is -2.14. The van der Waals surface area contributed by atoms with Crippen molar-refractivity contribution < 1.29 is 9.53 Å². The van der Waals surface area contributed by atoms with Crippen LogP contribution >= 0.6 is 0 Å². The Morgan fingerprint density at radius 1 is 1.11 bits per heavy atom. The number of aryl methyl sites for hydroxylation is 1. The van der Waals surface area contributed by atoms with E-state index in [1.807, 2.05) is 48.5 Å². The first-order valence-corrected chi connectivity index (χ1v) is 9.10. The lowest BCUT2D eigenvalue weighted by molar-refractivity contribution is -0.115. The third kappa shape index (κ3) is 3.47. The van der Waals surface area contributed by atoms with E-state index >= 15 is 0 Å². The van der Waals surface area contributed by atoms with Crippen LogP contribution in [-0.4, -0.2) is 22.6 Å². The molecule has 1 amide bonds. The SMILES string of the molecule is COc1cccc2c1cc(C)n2-c1ccc(NC(=O)Cc2cccnc2)cc1. The third-order valence-electron chi connectivity index (χ3n) is 4.71. The average Bonchev–Trinajstić information content (AvgIpc) is 3.05. The predicted octanol–water partition coefficient (Wildman–Crippen LogP) is 4.52. The molecule has 0 radical (unpaired) electrons. The van der Waals surface area contributed by atoms with Crippen LogP contribution in [-0.2, 0) is 11.2 Å². The Hall–Kier alpha value is -3.60. The second kappa shape index (κ2) is 7.56. The van der Waals surface area contributed by atoms with Crippen molar-refractivity contribution in [1.29, 1.82) is 0 Å². The van der Waals surface area contributed by atoms with E-state index in [-0.39, 0.29) is 5.91 Å². The van der Waals surface area contributed by atoms with Gasteiger partial charge < -0.3 is 14.6 Å². The van der Waals surface area contributed by atoms with Gasteiger partial charge in [0.2, 0.25) is 5.91 Å². The maximum absolute atomic E-state index is 12.2. The number of methoxy groups -OCH3 is 1. The summed E-state index contributed by atoms with van der Waals surface area (Å²) in [6.07, 6.45) is 3.70.